The van der Waals surface area contributed by atoms with Crippen LogP contribution in [0.5, 0.6) is 5.75 Å². The number of carbonyl (C=O) groups excluding carboxylic acids is 2. The van der Waals surface area contributed by atoms with Crippen molar-refractivity contribution in [1.29, 1.82) is 0 Å². The Morgan fingerprint density at radius 3 is 2.70 bits per heavy atom. The van der Waals surface area contributed by atoms with Gasteiger partial charge in [-0.15, -0.1) is 11.8 Å². The van der Waals surface area contributed by atoms with Crippen LogP contribution in [-0.4, -0.2) is 29.8 Å². The maximum Gasteiger partial charge on any atom is 0.342 e. The number of hydrogen-bond donors (Lipinski definition) is 2. The molecule has 0 saturated carbocycles. The molecule has 0 aliphatic heterocycles. The molecule has 1 amide bonds. The lowest BCUT2D eigenvalue weighted by molar-refractivity contribution is -0.119. The number of anilines is 1. The van der Waals surface area contributed by atoms with Crippen molar-refractivity contribution in [3.05, 3.63) is 53.6 Å². The Kier molecular flexibility index (Phi) is 5.65. The molecule has 0 heterocycles. The molecule has 0 spiro atoms. The number of aromatic hydroxyl groups is 1. The fourth-order valence-electron chi connectivity index (χ4n) is 1.96. The van der Waals surface area contributed by atoms with Crippen LogP contribution in [0.3, 0.4) is 0 Å². The summed E-state index contributed by atoms with van der Waals surface area (Å²) in [5, 5.41) is 12.4. The number of rotatable bonds is 5. The van der Waals surface area contributed by atoms with Gasteiger partial charge in [0.25, 0.3) is 5.91 Å². The second-order valence-electron chi connectivity index (χ2n) is 4.85. The summed E-state index contributed by atoms with van der Waals surface area (Å²) >= 11 is 1.51. The normalized spacial score (nSPS) is 10.2. The van der Waals surface area contributed by atoms with Crippen molar-refractivity contribution in [3.8, 4) is 5.75 Å². The van der Waals surface area contributed by atoms with E-state index in [1.54, 1.807) is 19.1 Å². The maximum atomic E-state index is 11.9. The Morgan fingerprint density at radius 2 is 1.96 bits per heavy atom. The number of phenols is 1. The largest absolute Gasteiger partial charge is 0.507 e. The second kappa shape index (κ2) is 7.69. The Hall–Kier alpha value is -2.47. The van der Waals surface area contributed by atoms with Crippen LogP contribution < -0.4 is 5.32 Å². The monoisotopic (exact) mass is 331 g/mol. The summed E-state index contributed by atoms with van der Waals surface area (Å²) in [5.74, 6) is -1.35. The number of nitrogens with one attached hydrogen (secondary N) is 1. The minimum absolute atomic E-state index is 0.0438. The van der Waals surface area contributed by atoms with Crippen molar-refractivity contribution in [3.63, 3.8) is 0 Å². The smallest absolute Gasteiger partial charge is 0.342 e. The molecular formula is C17H17NO4S. The first-order chi connectivity index (χ1) is 11.0. The van der Waals surface area contributed by atoms with Crippen LogP contribution in [0.25, 0.3) is 0 Å². The zero-order valence-electron chi connectivity index (χ0n) is 12.8. The van der Waals surface area contributed by atoms with E-state index >= 15 is 0 Å². The van der Waals surface area contributed by atoms with Crippen LogP contribution in [0.2, 0.25) is 0 Å². The highest BCUT2D eigenvalue weighted by atomic mass is 32.2. The van der Waals surface area contributed by atoms with E-state index in [-0.39, 0.29) is 11.3 Å². The molecule has 0 aromatic heterocycles. The van der Waals surface area contributed by atoms with Crippen LogP contribution in [0.1, 0.15) is 15.9 Å². The van der Waals surface area contributed by atoms with E-state index in [0.717, 1.165) is 10.5 Å². The van der Waals surface area contributed by atoms with E-state index in [9.17, 15) is 14.7 Å². The van der Waals surface area contributed by atoms with Gasteiger partial charge >= 0.3 is 5.97 Å². The van der Waals surface area contributed by atoms with Gasteiger partial charge in [-0.25, -0.2) is 4.79 Å². The van der Waals surface area contributed by atoms with Gasteiger partial charge in [-0.1, -0.05) is 23.8 Å². The molecule has 6 heteroatoms. The molecule has 0 unspecified atom stereocenters. The zero-order chi connectivity index (χ0) is 16.8. The van der Waals surface area contributed by atoms with Crippen molar-refractivity contribution in [2.24, 2.45) is 0 Å². The van der Waals surface area contributed by atoms with Crippen molar-refractivity contribution in [1.82, 2.24) is 0 Å². The Balaban J connectivity index is 1.96. The molecule has 0 aliphatic carbocycles. The number of aryl methyl sites for hydroxylation is 1. The molecule has 0 atom stereocenters. The number of phenolic OH excluding ortho intramolecular Hbond substituents is 1. The minimum atomic E-state index is -0.737. The van der Waals surface area contributed by atoms with Crippen LogP contribution in [0, 0.1) is 6.92 Å². The second-order valence-corrected chi connectivity index (χ2v) is 5.69. The summed E-state index contributed by atoms with van der Waals surface area (Å²) in [5.41, 5.74) is 1.52. The molecule has 0 fully saturated rings. The van der Waals surface area contributed by atoms with E-state index in [1.165, 1.54) is 23.9 Å². The van der Waals surface area contributed by atoms with E-state index < -0.39 is 18.5 Å². The third-order valence-corrected chi connectivity index (χ3v) is 3.88. The lowest BCUT2D eigenvalue weighted by Crippen LogP contribution is -2.21. The number of ether oxygens (including phenoxy) is 1. The lowest BCUT2D eigenvalue weighted by atomic mass is 10.1. The van der Waals surface area contributed by atoms with E-state index in [1.807, 2.05) is 24.5 Å². The SMILES string of the molecule is CSc1ccccc1NC(=O)COC(=O)c1cc(C)ccc1O. The van der Waals surface area contributed by atoms with Crippen LogP contribution in [-0.2, 0) is 9.53 Å². The third-order valence-electron chi connectivity index (χ3n) is 3.09. The van der Waals surface area contributed by atoms with Gasteiger partial charge in [-0.05, 0) is 37.4 Å². The molecule has 0 radical (unpaired) electrons. The topological polar surface area (TPSA) is 75.6 Å². The average Bonchev–Trinajstić information content (AvgIpc) is 2.55. The average molecular weight is 331 g/mol. The highest BCUT2D eigenvalue weighted by Gasteiger charge is 2.15. The van der Waals surface area contributed by atoms with Crippen LogP contribution >= 0.6 is 11.8 Å². The quantitative estimate of drug-likeness (QED) is 0.650. The zero-order valence-corrected chi connectivity index (χ0v) is 13.6. The summed E-state index contributed by atoms with van der Waals surface area (Å²) in [6, 6.07) is 12.0. The standard InChI is InChI=1S/C17H17NO4S/c1-11-7-8-14(19)12(9-11)17(21)22-10-16(20)18-13-5-3-4-6-15(13)23-2/h3-9,19H,10H2,1-2H3,(H,18,20). The lowest BCUT2D eigenvalue weighted by Gasteiger charge is -2.10. The first-order valence-corrected chi connectivity index (χ1v) is 8.13. The van der Waals surface area contributed by atoms with Gasteiger partial charge in [0.15, 0.2) is 6.61 Å². The van der Waals surface area contributed by atoms with Crippen LogP contribution in [0.4, 0.5) is 5.69 Å². The molecule has 0 aliphatic rings. The molecule has 0 bridgehead atoms. The number of hydrogen-bond acceptors (Lipinski definition) is 5. The van der Waals surface area contributed by atoms with Crippen molar-refractivity contribution in [2.75, 3.05) is 18.2 Å². The number of carbonyl (C=O) groups is 2. The van der Waals surface area contributed by atoms with Crippen LogP contribution in [0.15, 0.2) is 47.4 Å². The molecule has 2 aromatic carbocycles. The summed E-state index contributed by atoms with van der Waals surface area (Å²) in [7, 11) is 0. The van der Waals surface area contributed by atoms with Gasteiger partial charge in [-0.3, -0.25) is 4.79 Å². The number of benzene rings is 2. The minimum Gasteiger partial charge on any atom is -0.507 e. The van der Waals surface area contributed by atoms with Gasteiger partial charge in [0.05, 0.1) is 5.69 Å². The van der Waals surface area contributed by atoms with Crippen molar-refractivity contribution < 1.29 is 19.4 Å². The van der Waals surface area contributed by atoms with Crippen molar-refractivity contribution in [2.45, 2.75) is 11.8 Å². The summed E-state index contributed by atoms with van der Waals surface area (Å²) in [6.07, 6.45) is 1.91. The predicted octanol–water partition coefficient (Wildman–Crippen LogP) is 3.22. The Morgan fingerprint density at radius 1 is 1.22 bits per heavy atom. The Bertz CT molecular complexity index is 730. The molecule has 2 rings (SSSR count). The Labute approximate surface area is 138 Å². The number of esters is 1. The van der Waals surface area contributed by atoms with Gasteiger partial charge in [0.2, 0.25) is 0 Å². The van der Waals surface area contributed by atoms with E-state index in [2.05, 4.69) is 5.32 Å². The highest BCUT2D eigenvalue weighted by Crippen LogP contribution is 2.24. The first kappa shape index (κ1) is 16.9. The number of para-hydroxylation sites is 1. The van der Waals surface area contributed by atoms with Gasteiger partial charge in [0.1, 0.15) is 11.3 Å². The predicted molar refractivity (Wildman–Crippen MR) is 90.0 cm³/mol. The van der Waals surface area contributed by atoms with Gasteiger partial charge in [0, 0.05) is 4.90 Å². The van der Waals surface area contributed by atoms with E-state index in [4.69, 9.17) is 4.74 Å². The third kappa shape index (κ3) is 4.50. The van der Waals surface area contributed by atoms with E-state index in [0.29, 0.717) is 5.69 Å². The molecule has 0 saturated heterocycles. The number of thioether (sulfide) groups is 1. The van der Waals surface area contributed by atoms with Gasteiger partial charge in [-0.2, -0.15) is 0 Å². The number of amides is 1. The maximum absolute atomic E-state index is 11.9. The fraction of sp³-hybridized carbons (Fsp3) is 0.176. The molecule has 2 N–H and O–H groups in total. The highest BCUT2D eigenvalue weighted by molar-refractivity contribution is 7.98. The molecule has 23 heavy (non-hydrogen) atoms. The summed E-state index contributed by atoms with van der Waals surface area (Å²) in [4.78, 5) is 24.8. The first-order valence-electron chi connectivity index (χ1n) is 6.91. The molecule has 120 valence electrons. The summed E-state index contributed by atoms with van der Waals surface area (Å²) < 4.78 is 4.95. The summed E-state index contributed by atoms with van der Waals surface area (Å²) in [6.45, 7) is 1.37. The molecule has 5 nitrogen and oxygen atoms in total. The molecule has 2 aromatic rings. The molecular weight excluding hydrogens is 314 g/mol. The van der Waals surface area contributed by atoms with Gasteiger partial charge < -0.3 is 15.2 Å². The fourth-order valence-corrected chi connectivity index (χ4v) is 2.51. The van der Waals surface area contributed by atoms with Crippen molar-refractivity contribution >= 4 is 29.3 Å².